The van der Waals surface area contributed by atoms with E-state index in [4.69, 9.17) is 0 Å². The number of para-hydroxylation sites is 2. The van der Waals surface area contributed by atoms with E-state index >= 15 is 0 Å². The summed E-state index contributed by atoms with van der Waals surface area (Å²) in [5, 5.41) is 0. The molecule has 3 aromatic rings. The second kappa shape index (κ2) is 7.19. The van der Waals surface area contributed by atoms with Crippen LogP contribution >= 0.6 is 12.6 Å². The topological polar surface area (TPSA) is 16.1 Å². The third-order valence-electron chi connectivity index (χ3n) is 4.04. The lowest BCUT2D eigenvalue weighted by Crippen LogP contribution is -2.18. The molecule has 0 saturated carbocycles. The van der Waals surface area contributed by atoms with Crippen molar-refractivity contribution in [2.45, 2.75) is 11.1 Å². The smallest absolute Gasteiger partial charge is 0.343 e. The van der Waals surface area contributed by atoms with E-state index < -0.39 is 28.9 Å². The van der Waals surface area contributed by atoms with Crippen LogP contribution in [0.2, 0.25) is 0 Å². The number of nitrogens with zero attached hydrogens (tertiary/aromatic N) is 2. The predicted molar refractivity (Wildman–Crippen MR) is 96.3 cm³/mol. The van der Waals surface area contributed by atoms with Gasteiger partial charge in [-0.15, -0.1) is 12.6 Å². The summed E-state index contributed by atoms with van der Waals surface area (Å²) in [4.78, 5) is 5.03. The Morgan fingerprint density at radius 3 is 2.15 bits per heavy atom. The maximum absolute atomic E-state index is 14.3. The molecule has 0 aliphatic heterocycles. The lowest BCUT2D eigenvalue weighted by molar-refractivity contribution is -0.137. The van der Waals surface area contributed by atoms with Crippen LogP contribution < -0.4 is 4.90 Å². The Kier molecular flexibility index (Phi) is 5.10. The van der Waals surface area contributed by atoms with Crippen LogP contribution in [0.15, 0.2) is 59.8 Å². The third-order valence-corrected chi connectivity index (χ3v) is 4.42. The summed E-state index contributed by atoms with van der Waals surface area (Å²) < 4.78 is 69.6. The minimum atomic E-state index is -4.73. The minimum absolute atomic E-state index is 0.235. The van der Waals surface area contributed by atoms with Gasteiger partial charge in [-0.3, -0.25) is 4.98 Å². The van der Waals surface area contributed by atoms with Gasteiger partial charge in [0.25, 0.3) is 0 Å². The molecule has 27 heavy (non-hydrogen) atoms. The zero-order valence-electron chi connectivity index (χ0n) is 13.9. The maximum atomic E-state index is 14.3. The summed E-state index contributed by atoms with van der Waals surface area (Å²) in [6, 6.07) is 9.71. The fourth-order valence-corrected chi connectivity index (χ4v) is 3.18. The predicted octanol–water partition coefficient (Wildman–Crippen LogP) is 6.10. The van der Waals surface area contributed by atoms with E-state index in [0.29, 0.717) is 10.6 Å². The van der Waals surface area contributed by atoms with E-state index in [1.54, 1.807) is 24.3 Å². The molecule has 2 aromatic carbocycles. The maximum Gasteiger partial charge on any atom is 0.418 e. The molecule has 0 atom stereocenters. The van der Waals surface area contributed by atoms with Gasteiger partial charge in [-0.2, -0.15) is 13.2 Å². The molecular weight excluding hydrogens is 383 g/mol. The Bertz CT molecular complexity index is 968. The Morgan fingerprint density at radius 2 is 1.56 bits per heavy atom. The summed E-state index contributed by atoms with van der Waals surface area (Å²) in [6.45, 7) is 0. The summed E-state index contributed by atoms with van der Waals surface area (Å²) >= 11 is 4.28. The molecule has 3 rings (SSSR count). The first kappa shape index (κ1) is 19.2. The van der Waals surface area contributed by atoms with Crippen LogP contribution in [-0.4, -0.2) is 12.0 Å². The minimum Gasteiger partial charge on any atom is -0.343 e. The Balaban J connectivity index is 2.35. The molecule has 1 heterocycles. The number of thiol groups is 1. The van der Waals surface area contributed by atoms with Crippen LogP contribution in [0.5, 0.6) is 0 Å². The Labute approximate surface area is 157 Å². The number of alkyl halides is 3. The number of benzene rings is 2. The second-order valence-corrected chi connectivity index (χ2v) is 6.21. The molecule has 0 bridgehead atoms. The number of hydrogen-bond acceptors (Lipinski definition) is 3. The highest BCUT2D eigenvalue weighted by atomic mass is 32.1. The number of hydrogen-bond donors (Lipinski definition) is 1. The van der Waals surface area contributed by atoms with Crippen molar-refractivity contribution in [3.63, 3.8) is 0 Å². The molecule has 2 nitrogen and oxygen atoms in total. The molecule has 0 amide bonds. The number of pyridine rings is 1. The normalized spacial score (nSPS) is 11.5. The van der Waals surface area contributed by atoms with E-state index in [2.05, 4.69) is 17.6 Å². The van der Waals surface area contributed by atoms with Crippen molar-refractivity contribution >= 4 is 24.0 Å². The summed E-state index contributed by atoms with van der Waals surface area (Å²) in [6.07, 6.45) is -3.21. The van der Waals surface area contributed by atoms with E-state index in [1.807, 2.05) is 0 Å². The van der Waals surface area contributed by atoms with Gasteiger partial charge < -0.3 is 4.90 Å². The largest absolute Gasteiger partial charge is 0.418 e. The van der Waals surface area contributed by atoms with Crippen LogP contribution in [0.25, 0.3) is 11.1 Å². The van der Waals surface area contributed by atoms with Crippen molar-refractivity contribution in [2.75, 3.05) is 11.9 Å². The van der Waals surface area contributed by atoms with Crippen molar-refractivity contribution in [1.29, 1.82) is 0 Å². The van der Waals surface area contributed by atoms with E-state index in [1.165, 1.54) is 18.0 Å². The quantitative estimate of drug-likeness (QED) is 0.425. The van der Waals surface area contributed by atoms with Gasteiger partial charge in [0.2, 0.25) is 0 Å². The average Bonchev–Trinajstić information content (AvgIpc) is 2.60. The highest BCUT2D eigenvalue weighted by Gasteiger charge is 2.36. The zero-order valence-corrected chi connectivity index (χ0v) is 14.8. The van der Waals surface area contributed by atoms with E-state index in [-0.39, 0.29) is 11.3 Å². The number of anilines is 2. The van der Waals surface area contributed by atoms with Gasteiger partial charge >= 0.3 is 6.18 Å². The third kappa shape index (κ3) is 3.62. The molecule has 0 aliphatic rings. The van der Waals surface area contributed by atoms with Crippen LogP contribution in [0.3, 0.4) is 0 Å². The van der Waals surface area contributed by atoms with E-state index in [9.17, 15) is 22.0 Å². The molecule has 140 valence electrons. The molecular formula is C19H13F5N2S. The molecule has 0 aliphatic carbocycles. The van der Waals surface area contributed by atoms with Crippen LogP contribution in [-0.2, 0) is 6.18 Å². The molecule has 1 aromatic heterocycles. The first-order chi connectivity index (χ1) is 12.7. The molecule has 0 spiro atoms. The van der Waals surface area contributed by atoms with Crippen LogP contribution in [0.1, 0.15) is 5.56 Å². The van der Waals surface area contributed by atoms with Crippen molar-refractivity contribution in [2.24, 2.45) is 0 Å². The SMILES string of the molecule is CN(c1ccccc1S)c1c(-c2c(F)cncc2F)cccc1C(F)(F)F. The van der Waals surface area contributed by atoms with Gasteiger partial charge in [-0.05, 0) is 18.2 Å². The first-order valence-corrected chi connectivity index (χ1v) is 8.18. The van der Waals surface area contributed by atoms with Crippen molar-refractivity contribution in [3.8, 4) is 11.1 Å². The molecule has 0 saturated heterocycles. The molecule has 0 N–H and O–H groups in total. The van der Waals surface area contributed by atoms with Gasteiger partial charge in [-0.25, -0.2) is 8.78 Å². The highest BCUT2D eigenvalue weighted by Crippen LogP contribution is 2.45. The van der Waals surface area contributed by atoms with Crippen LogP contribution in [0, 0.1) is 11.6 Å². The van der Waals surface area contributed by atoms with E-state index in [0.717, 1.165) is 24.5 Å². The van der Waals surface area contributed by atoms with Crippen LogP contribution in [0.4, 0.5) is 33.3 Å². The number of halogens is 5. The summed E-state index contributed by atoms with van der Waals surface area (Å²) in [5.41, 5.74) is -1.85. The first-order valence-electron chi connectivity index (χ1n) is 7.73. The summed E-state index contributed by atoms with van der Waals surface area (Å²) in [5.74, 6) is -2.11. The fourth-order valence-electron chi connectivity index (χ4n) is 2.87. The van der Waals surface area contributed by atoms with Crippen molar-refractivity contribution in [3.05, 3.63) is 72.1 Å². The van der Waals surface area contributed by atoms with Gasteiger partial charge in [0.1, 0.15) is 0 Å². The van der Waals surface area contributed by atoms with Gasteiger partial charge in [0.05, 0.1) is 34.9 Å². The molecule has 0 unspecified atom stereocenters. The number of rotatable bonds is 3. The fraction of sp³-hybridized carbons (Fsp3) is 0.105. The lowest BCUT2D eigenvalue weighted by atomic mass is 9.98. The summed E-state index contributed by atoms with van der Waals surface area (Å²) in [7, 11) is 1.39. The lowest BCUT2D eigenvalue weighted by Gasteiger charge is -2.27. The second-order valence-electron chi connectivity index (χ2n) is 5.73. The standard InChI is InChI=1S/C19H13F5N2S/c1-26(15-7-2-3-8-16(15)27)18-11(5-4-6-12(18)19(22,23)24)17-13(20)9-25-10-14(17)21/h2-10,27H,1H3. The average molecular weight is 396 g/mol. The molecule has 0 radical (unpaired) electrons. The van der Waals surface area contributed by atoms with Crippen molar-refractivity contribution in [1.82, 2.24) is 4.98 Å². The number of aromatic nitrogens is 1. The molecule has 0 fully saturated rings. The van der Waals surface area contributed by atoms with Crippen molar-refractivity contribution < 1.29 is 22.0 Å². The Hall–Kier alpha value is -2.61. The van der Waals surface area contributed by atoms with Gasteiger partial charge in [-0.1, -0.05) is 24.3 Å². The van der Waals surface area contributed by atoms with Gasteiger partial charge in [0, 0.05) is 17.5 Å². The van der Waals surface area contributed by atoms with Gasteiger partial charge in [0.15, 0.2) is 11.6 Å². The monoisotopic (exact) mass is 396 g/mol. The zero-order chi connectivity index (χ0) is 19.8. The molecule has 8 heteroatoms. The highest BCUT2D eigenvalue weighted by molar-refractivity contribution is 7.80. The Morgan fingerprint density at radius 1 is 0.926 bits per heavy atom.